The van der Waals surface area contributed by atoms with Gasteiger partial charge in [-0.15, -0.1) is 0 Å². The Labute approximate surface area is 139 Å². The molecule has 1 heterocycles. The van der Waals surface area contributed by atoms with Crippen LogP contribution < -0.4 is 5.32 Å². The average Bonchev–Trinajstić information content (AvgIpc) is 2.41. The molecule has 0 atom stereocenters. The van der Waals surface area contributed by atoms with E-state index in [1.165, 1.54) is 16.0 Å². The highest BCUT2D eigenvalue weighted by molar-refractivity contribution is 9.10. The van der Waals surface area contributed by atoms with Crippen LogP contribution in [0.1, 0.15) is 31.9 Å². The first-order valence-corrected chi connectivity index (χ1v) is 8.59. The molecule has 0 aliphatic heterocycles. The van der Waals surface area contributed by atoms with Crippen molar-refractivity contribution in [1.82, 2.24) is 10.3 Å². The Morgan fingerprint density at radius 2 is 1.95 bits per heavy atom. The summed E-state index contributed by atoms with van der Waals surface area (Å²) in [7, 11) is 0. The van der Waals surface area contributed by atoms with Crippen molar-refractivity contribution < 1.29 is 0 Å². The third-order valence-electron chi connectivity index (χ3n) is 2.95. The van der Waals surface area contributed by atoms with E-state index >= 15 is 0 Å². The number of hydrogen-bond donors (Lipinski definition) is 1. The quantitative estimate of drug-likeness (QED) is 0.807. The van der Waals surface area contributed by atoms with Gasteiger partial charge in [0.1, 0.15) is 5.03 Å². The number of halogens is 1. The van der Waals surface area contributed by atoms with E-state index in [0.717, 1.165) is 16.0 Å². The summed E-state index contributed by atoms with van der Waals surface area (Å²) in [6, 6.07) is 10.4. The number of nitrogens with zero attached hydrogens (tertiary/aromatic N) is 1. The van der Waals surface area contributed by atoms with Crippen LogP contribution in [-0.4, -0.2) is 10.5 Å². The van der Waals surface area contributed by atoms with Gasteiger partial charge in [-0.05, 0) is 66.9 Å². The van der Waals surface area contributed by atoms with Crippen LogP contribution in [0.25, 0.3) is 0 Å². The van der Waals surface area contributed by atoms with Crippen molar-refractivity contribution in [3.63, 3.8) is 0 Å². The molecule has 0 unspecified atom stereocenters. The molecular formula is C17H21BrN2S. The lowest BCUT2D eigenvalue weighted by molar-refractivity contribution is 0.424. The topological polar surface area (TPSA) is 24.9 Å². The van der Waals surface area contributed by atoms with E-state index in [-0.39, 0.29) is 5.54 Å². The summed E-state index contributed by atoms with van der Waals surface area (Å²) >= 11 is 5.28. The number of aryl methyl sites for hydroxylation is 1. The maximum atomic E-state index is 4.62. The highest BCUT2D eigenvalue weighted by Gasteiger charge is 2.10. The minimum atomic E-state index is 0.121. The van der Waals surface area contributed by atoms with Gasteiger partial charge in [-0.3, -0.25) is 0 Å². The fraction of sp³-hybridized carbons (Fsp3) is 0.353. The molecule has 0 saturated carbocycles. The fourth-order valence-corrected chi connectivity index (χ4v) is 3.20. The van der Waals surface area contributed by atoms with Crippen LogP contribution in [-0.2, 0) is 6.54 Å². The van der Waals surface area contributed by atoms with Gasteiger partial charge < -0.3 is 5.32 Å². The fourth-order valence-electron chi connectivity index (χ4n) is 1.82. The van der Waals surface area contributed by atoms with Gasteiger partial charge in [0.2, 0.25) is 0 Å². The summed E-state index contributed by atoms with van der Waals surface area (Å²) in [6.45, 7) is 9.48. The second-order valence-corrected chi connectivity index (χ2v) is 7.99. The number of hydrogen-bond acceptors (Lipinski definition) is 3. The monoisotopic (exact) mass is 364 g/mol. The zero-order valence-electron chi connectivity index (χ0n) is 12.9. The van der Waals surface area contributed by atoms with Crippen LogP contribution in [0.2, 0.25) is 0 Å². The Morgan fingerprint density at radius 3 is 2.57 bits per heavy atom. The summed E-state index contributed by atoms with van der Waals surface area (Å²) < 4.78 is 1.11. The molecule has 0 radical (unpaired) electrons. The summed E-state index contributed by atoms with van der Waals surface area (Å²) in [4.78, 5) is 5.81. The van der Waals surface area contributed by atoms with E-state index in [4.69, 9.17) is 0 Å². The minimum absolute atomic E-state index is 0.121. The predicted molar refractivity (Wildman–Crippen MR) is 93.8 cm³/mol. The van der Waals surface area contributed by atoms with E-state index in [2.05, 4.69) is 72.1 Å². The Hall–Kier alpha value is -0.840. The summed E-state index contributed by atoms with van der Waals surface area (Å²) in [5.41, 5.74) is 2.55. The molecule has 4 heteroatoms. The lowest BCUT2D eigenvalue weighted by Crippen LogP contribution is -2.35. The van der Waals surface area contributed by atoms with E-state index in [1.54, 1.807) is 11.8 Å². The zero-order valence-corrected chi connectivity index (χ0v) is 15.3. The second kappa shape index (κ2) is 6.95. The van der Waals surface area contributed by atoms with Gasteiger partial charge in [-0.2, -0.15) is 0 Å². The largest absolute Gasteiger partial charge is 0.308 e. The highest BCUT2D eigenvalue weighted by atomic mass is 79.9. The molecule has 0 fully saturated rings. The molecular weight excluding hydrogens is 344 g/mol. The van der Waals surface area contributed by atoms with Crippen LogP contribution in [0, 0.1) is 6.92 Å². The molecule has 1 aromatic carbocycles. The van der Waals surface area contributed by atoms with Crippen LogP contribution in [0.5, 0.6) is 0 Å². The smallest absolute Gasteiger partial charge is 0.104 e. The lowest BCUT2D eigenvalue weighted by Gasteiger charge is -2.20. The molecule has 0 bridgehead atoms. The van der Waals surface area contributed by atoms with Gasteiger partial charge in [-0.1, -0.05) is 30.0 Å². The first kappa shape index (κ1) is 16.5. The van der Waals surface area contributed by atoms with Gasteiger partial charge in [0.25, 0.3) is 0 Å². The number of aromatic nitrogens is 1. The zero-order chi connectivity index (χ0) is 15.5. The Balaban J connectivity index is 2.11. The molecule has 2 aromatic rings. The normalized spacial score (nSPS) is 11.7. The number of pyridine rings is 1. The molecule has 1 aromatic heterocycles. The first-order valence-electron chi connectivity index (χ1n) is 6.98. The van der Waals surface area contributed by atoms with E-state index in [0.29, 0.717) is 0 Å². The Morgan fingerprint density at radius 1 is 1.24 bits per heavy atom. The standard InChI is InChI=1S/C17H21BrN2S/c1-12-9-13(11-20-17(2,3)4)10-19-16(12)21-15-8-6-5-7-14(15)18/h5-10,20H,11H2,1-4H3. The minimum Gasteiger partial charge on any atom is -0.308 e. The highest BCUT2D eigenvalue weighted by Crippen LogP contribution is 2.33. The first-order chi connectivity index (χ1) is 9.85. The maximum absolute atomic E-state index is 4.62. The van der Waals surface area contributed by atoms with Gasteiger partial charge in [0.15, 0.2) is 0 Å². The Bertz CT molecular complexity index is 620. The van der Waals surface area contributed by atoms with Crippen molar-refractivity contribution in [2.24, 2.45) is 0 Å². The van der Waals surface area contributed by atoms with Crippen molar-refractivity contribution in [2.75, 3.05) is 0 Å². The van der Waals surface area contributed by atoms with Gasteiger partial charge in [0.05, 0.1) is 0 Å². The molecule has 0 aliphatic carbocycles. The van der Waals surface area contributed by atoms with Gasteiger partial charge in [0, 0.05) is 27.6 Å². The molecule has 0 spiro atoms. The molecule has 0 aliphatic rings. The van der Waals surface area contributed by atoms with Crippen molar-refractivity contribution in [1.29, 1.82) is 0 Å². The third-order valence-corrected chi connectivity index (χ3v) is 5.10. The molecule has 112 valence electrons. The number of nitrogens with one attached hydrogen (secondary N) is 1. The Kier molecular flexibility index (Phi) is 5.47. The molecule has 2 rings (SSSR count). The van der Waals surface area contributed by atoms with Crippen LogP contribution in [0.3, 0.4) is 0 Å². The van der Waals surface area contributed by atoms with Gasteiger partial charge >= 0.3 is 0 Å². The molecule has 1 N–H and O–H groups in total. The van der Waals surface area contributed by atoms with Crippen molar-refractivity contribution in [3.05, 3.63) is 52.1 Å². The number of benzene rings is 1. The van der Waals surface area contributed by atoms with Gasteiger partial charge in [-0.25, -0.2) is 4.98 Å². The summed E-state index contributed by atoms with van der Waals surface area (Å²) in [6.07, 6.45) is 1.96. The van der Waals surface area contributed by atoms with Crippen molar-refractivity contribution in [2.45, 2.75) is 49.7 Å². The van der Waals surface area contributed by atoms with Crippen LogP contribution >= 0.6 is 27.7 Å². The number of rotatable bonds is 4. The second-order valence-electron chi connectivity index (χ2n) is 6.10. The molecule has 21 heavy (non-hydrogen) atoms. The molecule has 0 amide bonds. The lowest BCUT2D eigenvalue weighted by atomic mass is 10.1. The molecule has 2 nitrogen and oxygen atoms in total. The third kappa shape index (κ3) is 5.13. The average molecular weight is 365 g/mol. The van der Waals surface area contributed by atoms with E-state index < -0.39 is 0 Å². The van der Waals surface area contributed by atoms with Crippen molar-refractivity contribution in [3.8, 4) is 0 Å². The summed E-state index contributed by atoms with van der Waals surface area (Å²) in [5.74, 6) is 0. The molecule has 0 saturated heterocycles. The van der Waals surface area contributed by atoms with Crippen molar-refractivity contribution >= 4 is 27.7 Å². The maximum Gasteiger partial charge on any atom is 0.104 e. The summed E-state index contributed by atoms with van der Waals surface area (Å²) in [5, 5.41) is 4.55. The predicted octanol–water partition coefficient (Wildman–Crippen LogP) is 5.19. The van der Waals surface area contributed by atoms with Crippen LogP contribution in [0.4, 0.5) is 0 Å². The van der Waals surface area contributed by atoms with E-state index in [9.17, 15) is 0 Å². The van der Waals surface area contributed by atoms with E-state index in [1.807, 2.05) is 18.3 Å². The SMILES string of the molecule is Cc1cc(CNC(C)(C)C)cnc1Sc1ccccc1Br. The van der Waals surface area contributed by atoms with Crippen LogP contribution in [0.15, 0.2) is 50.9 Å².